The molecule has 0 saturated heterocycles. The zero-order valence-corrected chi connectivity index (χ0v) is 23.0. The maximum absolute atomic E-state index is 10.8. The number of hydrogen-bond acceptors (Lipinski definition) is 16. The molecule has 0 heterocycles. The van der Waals surface area contributed by atoms with E-state index < -0.39 is 62.0 Å². The lowest BCUT2D eigenvalue weighted by Crippen LogP contribution is -2.53. The lowest BCUT2D eigenvalue weighted by atomic mass is 10.0. The van der Waals surface area contributed by atoms with Crippen molar-refractivity contribution in [2.45, 2.75) is 62.2 Å². The zero-order valence-electron chi connectivity index (χ0n) is 23.0. The van der Waals surface area contributed by atoms with Crippen molar-refractivity contribution >= 4 is 5.78 Å². The molecule has 0 fully saturated rings. The first-order chi connectivity index (χ1) is 19.0. The number of nitrogens with zero attached hydrogens (tertiary/aromatic N) is 1. The number of aliphatic hydroxyl groups is 10. The van der Waals surface area contributed by atoms with E-state index in [0.717, 1.165) is 0 Å². The summed E-state index contributed by atoms with van der Waals surface area (Å²) in [6.45, 7) is 1.24. The number of carbonyl (C=O) groups excluding carboxylic acids is 1. The maximum Gasteiger partial charge on any atom is 0.132 e. The molecule has 240 valence electrons. The van der Waals surface area contributed by atoms with Gasteiger partial charge < -0.3 is 70.0 Å². The molecule has 16 nitrogen and oxygen atoms in total. The Kier molecular flexibility index (Phi) is 23.1. The predicted octanol–water partition coefficient (Wildman–Crippen LogP) is -5.79. The quantitative estimate of drug-likeness (QED) is 0.0399. The van der Waals surface area contributed by atoms with Crippen LogP contribution in [0.25, 0.3) is 0 Å². The number of Topliss-reactive ketones (excluding diaryl/α,β-unsaturated/α-hetero) is 1. The summed E-state index contributed by atoms with van der Waals surface area (Å²) in [4.78, 5) is 12.1. The normalized spacial score (nSPS) is 18.2. The Morgan fingerprint density at radius 1 is 0.550 bits per heavy atom. The Labute approximate surface area is 233 Å². The average molecular weight is 592 g/mol. The summed E-state index contributed by atoms with van der Waals surface area (Å²) in [5, 5.41) is 97.4. The molecule has 0 saturated carbocycles. The van der Waals surface area contributed by atoms with E-state index in [0.29, 0.717) is 39.5 Å². The molecule has 40 heavy (non-hydrogen) atoms. The third-order valence-corrected chi connectivity index (χ3v) is 5.81. The lowest BCUT2D eigenvalue weighted by molar-refractivity contribution is -0.131. The minimum absolute atomic E-state index is 0.0393. The molecule has 0 aromatic rings. The van der Waals surface area contributed by atoms with Crippen LogP contribution in [0.15, 0.2) is 0 Å². The van der Waals surface area contributed by atoms with Gasteiger partial charge in [-0.2, -0.15) is 0 Å². The molecule has 0 aliphatic rings. The van der Waals surface area contributed by atoms with E-state index in [9.17, 15) is 45.6 Å². The van der Waals surface area contributed by atoms with Crippen molar-refractivity contribution in [1.82, 2.24) is 4.90 Å². The molecule has 0 aromatic heterocycles. The van der Waals surface area contributed by atoms with Gasteiger partial charge in [-0.25, -0.2) is 0 Å². The second-order valence-electron chi connectivity index (χ2n) is 9.26. The summed E-state index contributed by atoms with van der Waals surface area (Å²) in [7, 11) is 0. The highest BCUT2D eigenvalue weighted by Gasteiger charge is 2.34. The molecule has 0 amide bonds. The Bertz CT molecular complexity index is 589. The van der Waals surface area contributed by atoms with E-state index in [1.54, 1.807) is 0 Å². The topological polar surface area (TPSA) is 260 Å². The summed E-state index contributed by atoms with van der Waals surface area (Å²) in [6.07, 6.45) is -13.8. The fourth-order valence-electron chi connectivity index (χ4n) is 3.30. The molecule has 0 aromatic carbocycles. The average Bonchev–Trinajstić information content (AvgIpc) is 2.94. The van der Waals surface area contributed by atoms with Crippen molar-refractivity contribution in [3.63, 3.8) is 0 Å². The van der Waals surface area contributed by atoms with E-state index in [1.165, 1.54) is 11.8 Å². The second kappa shape index (κ2) is 23.6. The number of carbonyl (C=O) groups is 1. The first-order valence-electron chi connectivity index (χ1n) is 13.1. The van der Waals surface area contributed by atoms with E-state index in [-0.39, 0.29) is 45.2 Å². The highest BCUT2D eigenvalue weighted by Crippen LogP contribution is 2.10. The van der Waals surface area contributed by atoms with E-state index in [4.69, 9.17) is 29.2 Å². The van der Waals surface area contributed by atoms with Gasteiger partial charge >= 0.3 is 0 Å². The Balaban J connectivity index is 4.53. The third kappa shape index (κ3) is 17.8. The molecule has 0 radical (unpaired) electrons. The van der Waals surface area contributed by atoms with Crippen molar-refractivity contribution in [2.24, 2.45) is 0 Å². The number of ketones is 1. The van der Waals surface area contributed by atoms with Crippen LogP contribution in [0, 0.1) is 0 Å². The second-order valence-corrected chi connectivity index (χ2v) is 9.26. The van der Waals surface area contributed by atoms with Gasteiger partial charge in [-0.1, -0.05) is 0 Å². The third-order valence-electron chi connectivity index (χ3n) is 5.81. The molecule has 0 aliphatic carbocycles. The van der Waals surface area contributed by atoms with Crippen LogP contribution in [0.5, 0.6) is 0 Å². The maximum atomic E-state index is 10.8. The molecule has 0 bridgehead atoms. The fourth-order valence-corrected chi connectivity index (χ4v) is 3.30. The van der Waals surface area contributed by atoms with Crippen molar-refractivity contribution in [1.29, 1.82) is 0 Å². The summed E-state index contributed by atoms with van der Waals surface area (Å²) < 4.78 is 21.4. The van der Waals surface area contributed by atoms with Crippen LogP contribution in [0.3, 0.4) is 0 Å². The van der Waals surface area contributed by atoms with Gasteiger partial charge in [0.25, 0.3) is 0 Å². The highest BCUT2D eigenvalue weighted by molar-refractivity contribution is 5.75. The fraction of sp³-hybridized carbons (Fsp3) is 0.958. The minimum Gasteiger partial charge on any atom is -0.394 e. The predicted molar refractivity (Wildman–Crippen MR) is 137 cm³/mol. The van der Waals surface area contributed by atoms with Gasteiger partial charge in [0.05, 0.1) is 78.3 Å². The number of rotatable bonds is 27. The van der Waals surface area contributed by atoms with Crippen molar-refractivity contribution in [2.75, 3.05) is 85.7 Å². The van der Waals surface area contributed by atoms with Gasteiger partial charge in [0.2, 0.25) is 0 Å². The first-order valence-corrected chi connectivity index (χ1v) is 13.1. The van der Waals surface area contributed by atoms with Crippen LogP contribution in [0.1, 0.15) is 13.3 Å². The SMILES string of the molecule is CC(=O)CCOCCOCCOCCOCCN(C[C@H](O)[C@@H](O)[C@H](O)[C@H](O)CO)C[C@H](O)[C@@H](O)[C@H](O)[C@H](O)CO. The largest absolute Gasteiger partial charge is 0.394 e. The first kappa shape index (κ1) is 39.1. The summed E-state index contributed by atoms with van der Waals surface area (Å²) in [5.74, 6) is 0.0571. The van der Waals surface area contributed by atoms with Crippen LogP contribution in [0.2, 0.25) is 0 Å². The van der Waals surface area contributed by atoms with E-state index in [1.807, 2.05) is 0 Å². The van der Waals surface area contributed by atoms with Gasteiger partial charge in [0.15, 0.2) is 0 Å². The number of ether oxygens (including phenoxy) is 4. The number of aliphatic hydroxyl groups excluding tert-OH is 10. The smallest absolute Gasteiger partial charge is 0.132 e. The van der Waals surface area contributed by atoms with Gasteiger partial charge in [0.1, 0.15) is 42.4 Å². The van der Waals surface area contributed by atoms with Crippen LogP contribution < -0.4 is 0 Å². The Hall–Kier alpha value is -0.930. The van der Waals surface area contributed by atoms with Crippen LogP contribution >= 0.6 is 0 Å². The van der Waals surface area contributed by atoms with Gasteiger partial charge in [-0.15, -0.1) is 0 Å². The van der Waals surface area contributed by atoms with Crippen molar-refractivity contribution in [3.8, 4) is 0 Å². The van der Waals surface area contributed by atoms with Crippen molar-refractivity contribution in [3.05, 3.63) is 0 Å². The monoisotopic (exact) mass is 591 g/mol. The minimum atomic E-state index is -1.87. The van der Waals surface area contributed by atoms with Crippen molar-refractivity contribution < 1.29 is 74.8 Å². The van der Waals surface area contributed by atoms with Crippen LogP contribution in [-0.4, -0.2) is 196 Å². The van der Waals surface area contributed by atoms with Crippen LogP contribution in [0.4, 0.5) is 0 Å². The van der Waals surface area contributed by atoms with Crippen LogP contribution in [-0.2, 0) is 23.7 Å². The zero-order chi connectivity index (χ0) is 30.5. The lowest BCUT2D eigenvalue weighted by Gasteiger charge is -2.33. The standard InChI is InChI=1S/C24H49NO15/c1-16(28)2-4-37-6-8-39-10-11-40-9-7-38-5-3-25(12-17(29)21(33)23(35)19(31)14-26)13-18(30)22(34)24(36)20(32)15-27/h17-24,26-27,29-36H,2-15H2,1H3/t17-,18-,19+,20+,21+,22+,23+,24+/m0/s1. The number of hydrogen-bond donors (Lipinski definition) is 10. The summed E-state index contributed by atoms with van der Waals surface area (Å²) >= 11 is 0. The molecule has 0 rings (SSSR count). The van der Waals surface area contributed by atoms with E-state index >= 15 is 0 Å². The Morgan fingerprint density at radius 2 is 0.875 bits per heavy atom. The molecular formula is C24H49NO15. The molecule has 16 heteroatoms. The molecule has 8 atom stereocenters. The molecule has 0 unspecified atom stereocenters. The Morgan fingerprint density at radius 3 is 1.23 bits per heavy atom. The highest BCUT2D eigenvalue weighted by atomic mass is 16.6. The molecule has 0 spiro atoms. The van der Waals surface area contributed by atoms with Gasteiger partial charge in [-0.3, -0.25) is 9.69 Å². The molecule has 10 N–H and O–H groups in total. The molecular weight excluding hydrogens is 542 g/mol. The summed E-state index contributed by atoms with van der Waals surface area (Å²) in [6, 6.07) is 0. The van der Waals surface area contributed by atoms with Gasteiger partial charge in [-0.05, 0) is 6.92 Å². The van der Waals surface area contributed by atoms with Gasteiger partial charge in [0, 0.05) is 26.1 Å². The molecule has 0 aliphatic heterocycles. The van der Waals surface area contributed by atoms with E-state index in [2.05, 4.69) is 0 Å². The summed E-state index contributed by atoms with van der Waals surface area (Å²) in [5.41, 5.74) is 0.